The van der Waals surface area contributed by atoms with E-state index in [0.717, 1.165) is 38.5 Å². The average Bonchev–Trinajstić information content (AvgIpc) is 3.26. The zero-order chi connectivity index (χ0) is 14.9. The molecule has 0 spiro atoms. The molecule has 1 aliphatic heterocycles. The van der Waals surface area contributed by atoms with Gasteiger partial charge in [-0.1, -0.05) is 27.2 Å². The molecule has 114 valence electrons. The molecule has 2 amide bonds. The number of amides is 2. The standard InChI is InChI=1S/C16H28N2O2/c1-5-8-13-14(19)18(12(6-2)7-3)16(4,11-9-10-11)15(20)17-13/h11-13H,5-10H2,1-4H3,(H,17,20). The molecule has 2 aliphatic rings. The van der Waals surface area contributed by atoms with Gasteiger partial charge in [0.15, 0.2) is 0 Å². The van der Waals surface area contributed by atoms with Gasteiger partial charge in [-0.05, 0) is 44.9 Å². The SMILES string of the molecule is CCCC1NC(=O)C(C)(C2CC2)N(C(CC)CC)C1=O. The molecule has 4 heteroatoms. The van der Waals surface area contributed by atoms with Crippen molar-refractivity contribution in [2.45, 2.75) is 83.8 Å². The Morgan fingerprint density at radius 2 is 1.85 bits per heavy atom. The number of hydrogen-bond acceptors (Lipinski definition) is 2. The van der Waals surface area contributed by atoms with E-state index >= 15 is 0 Å². The van der Waals surface area contributed by atoms with Gasteiger partial charge in [0.1, 0.15) is 11.6 Å². The molecule has 1 N–H and O–H groups in total. The predicted molar refractivity (Wildman–Crippen MR) is 79.2 cm³/mol. The zero-order valence-corrected chi connectivity index (χ0v) is 13.2. The van der Waals surface area contributed by atoms with Crippen molar-refractivity contribution in [1.29, 1.82) is 0 Å². The van der Waals surface area contributed by atoms with Crippen molar-refractivity contribution in [3.63, 3.8) is 0 Å². The Morgan fingerprint density at radius 3 is 2.30 bits per heavy atom. The van der Waals surface area contributed by atoms with E-state index in [9.17, 15) is 9.59 Å². The van der Waals surface area contributed by atoms with Crippen LogP contribution in [0.4, 0.5) is 0 Å². The summed E-state index contributed by atoms with van der Waals surface area (Å²) >= 11 is 0. The van der Waals surface area contributed by atoms with Crippen molar-refractivity contribution in [3.8, 4) is 0 Å². The number of nitrogens with zero attached hydrogens (tertiary/aromatic N) is 1. The van der Waals surface area contributed by atoms with E-state index in [4.69, 9.17) is 0 Å². The third-order valence-electron chi connectivity index (χ3n) is 5.06. The third-order valence-corrected chi connectivity index (χ3v) is 5.06. The fourth-order valence-electron chi connectivity index (χ4n) is 3.60. The van der Waals surface area contributed by atoms with Gasteiger partial charge in [-0.15, -0.1) is 0 Å². The van der Waals surface area contributed by atoms with Crippen LogP contribution in [-0.4, -0.2) is 34.3 Å². The summed E-state index contributed by atoms with van der Waals surface area (Å²) in [6.45, 7) is 8.24. The molecule has 2 fully saturated rings. The maximum atomic E-state index is 12.9. The van der Waals surface area contributed by atoms with E-state index in [2.05, 4.69) is 26.1 Å². The molecule has 2 atom stereocenters. The minimum absolute atomic E-state index is 0.0601. The van der Waals surface area contributed by atoms with Gasteiger partial charge in [0.2, 0.25) is 11.8 Å². The molecule has 0 aromatic rings. The number of nitrogens with one attached hydrogen (secondary N) is 1. The van der Waals surface area contributed by atoms with E-state index in [0.29, 0.717) is 5.92 Å². The monoisotopic (exact) mass is 280 g/mol. The maximum absolute atomic E-state index is 12.9. The first-order valence-electron chi connectivity index (χ1n) is 8.14. The second-order valence-electron chi connectivity index (χ2n) is 6.42. The molecule has 4 nitrogen and oxygen atoms in total. The number of piperazine rings is 1. The van der Waals surface area contributed by atoms with E-state index in [1.165, 1.54) is 0 Å². The quantitative estimate of drug-likeness (QED) is 0.812. The molecule has 0 radical (unpaired) electrons. The Morgan fingerprint density at radius 1 is 1.25 bits per heavy atom. The van der Waals surface area contributed by atoms with Crippen LogP contribution in [0.15, 0.2) is 0 Å². The topological polar surface area (TPSA) is 49.4 Å². The minimum atomic E-state index is -0.627. The van der Waals surface area contributed by atoms with Gasteiger partial charge in [-0.3, -0.25) is 9.59 Å². The lowest BCUT2D eigenvalue weighted by molar-refractivity contribution is -0.162. The highest BCUT2D eigenvalue weighted by atomic mass is 16.2. The molecule has 2 unspecified atom stereocenters. The molecular weight excluding hydrogens is 252 g/mol. The van der Waals surface area contributed by atoms with Crippen LogP contribution in [0.2, 0.25) is 0 Å². The summed E-state index contributed by atoms with van der Waals surface area (Å²) in [6, 6.07) is -0.140. The highest BCUT2D eigenvalue weighted by molar-refractivity contribution is 6.00. The maximum Gasteiger partial charge on any atom is 0.246 e. The van der Waals surface area contributed by atoms with Crippen LogP contribution in [0.5, 0.6) is 0 Å². The summed E-state index contributed by atoms with van der Waals surface area (Å²) < 4.78 is 0. The van der Waals surface area contributed by atoms with Crippen molar-refractivity contribution in [3.05, 3.63) is 0 Å². The summed E-state index contributed by atoms with van der Waals surface area (Å²) in [7, 11) is 0. The summed E-state index contributed by atoms with van der Waals surface area (Å²) in [6.07, 6.45) is 5.60. The van der Waals surface area contributed by atoms with E-state index in [-0.39, 0.29) is 23.9 Å². The van der Waals surface area contributed by atoms with Gasteiger partial charge < -0.3 is 10.2 Å². The summed E-state index contributed by atoms with van der Waals surface area (Å²) in [5.74, 6) is 0.536. The van der Waals surface area contributed by atoms with Gasteiger partial charge in [0, 0.05) is 6.04 Å². The van der Waals surface area contributed by atoms with Gasteiger partial charge in [-0.2, -0.15) is 0 Å². The number of rotatable bonds is 6. The number of carbonyl (C=O) groups is 2. The van der Waals surface area contributed by atoms with Crippen LogP contribution in [0.1, 0.15) is 66.2 Å². The lowest BCUT2D eigenvalue weighted by Crippen LogP contribution is -2.72. The van der Waals surface area contributed by atoms with E-state index in [1.807, 2.05) is 11.8 Å². The molecule has 1 aliphatic carbocycles. The van der Waals surface area contributed by atoms with Crippen LogP contribution in [0, 0.1) is 5.92 Å². The third kappa shape index (κ3) is 2.33. The number of hydrogen-bond donors (Lipinski definition) is 1. The molecule has 1 saturated heterocycles. The molecule has 0 aromatic carbocycles. The zero-order valence-electron chi connectivity index (χ0n) is 13.2. The van der Waals surface area contributed by atoms with Gasteiger partial charge in [-0.25, -0.2) is 0 Å². The second kappa shape index (κ2) is 5.74. The van der Waals surface area contributed by atoms with E-state index < -0.39 is 5.54 Å². The first kappa shape index (κ1) is 15.3. The first-order valence-corrected chi connectivity index (χ1v) is 8.14. The molecular formula is C16H28N2O2. The molecule has 1 saturated carbocycles. The summed E-state index contributed by atoms with van der Waals surface area (Å²) in [5.41, 5.74) is -0.627. The Labute approximate surface area is 122 Å². The minimum Gasteiger partial charge on any atom is -0.342 e. The summed E-state index contributed by atoms with van der Waals surface area (Å²) in [4.78, 5) is 27.5. The average molecular weight is 280 g/mol. The largest absolute Gasteiger partial charge is 0.342 e. The van der Waals surface area contributed by atoms with Crippen LogP contribution < -0.4 is 5.32 Å². The van der Waals surface area contributed by atoms with Crippen molar-refractivity contribution in [1.82, 2.24) is 10.2 Å². The van der Waals surface area contributed by atoms with Crippen molar-refractivity contribution >= 4 is 11.8 Å². The van der Waals surface area contributed by atoms with Crippen molar-refractivity contribution in [2.75, 3.05) is 0 Å². The Kier molecular flexibility index (Phi) is 4.40. The molecule has 0 aromatic heterocycles. The fraction of sp³-hybridized carbons (Fsp3) is 0.875. The van der Waals surface area contributed by atoms with Crippen LogP contribution >= 0.6 is 0 Å². The highest BCUT2D eigenvalue weighted by Gasteiger charge is 2.58. The van der Waals surface area contributed by atoms with Crippen LogP contribution in [-0.2, 0) is 9.59 Å². The molecule has 2 rings (SSSR count). The molecule has 1 heterocycles. The smallest absolute Gasteiger partial charge is 0.246 e. The van der Waals surface area contributed by atoms with Crippen molar-refractivity contribution in [2.24, 2.45) is 5.92 Å². The van der Waals surface area contributed by atoms with Crippen molar-refractivity contribution < 1.29 is 9.59 Å². The van der Waals surface area contributed by atoms with Gasteiger partial charge in [0.25, 0.3) is 0 Å². The lowest BCUT2D eigenvalue weighted by Gasteiger charge is -2.50. The number of carbonyl (C=O) groups excluding carboxylic acids is 2. The first-order chi connectivity index (χ1) is 9.50. The highest BCUT2D eigenvalue weighted by Crippen LogP contribution is 2.46. The Bertz CT molecular complexity index is 388. The fourth-order valence-corrected chi connectivity index (χ4v) is 3.60. The van der Waals surface area contributed by atoms with Crippen LogP contribution in [0.3, 0.4) is 0 Å². The predicted octanol–water partition coefficient (Wildman–Crippen LogP) is 2.47. The Hall–Kier alpha value is -1.06. The van der Waals surface area contributed by atoms with Gasteiger partial charge >= 0.3 is 0 Å². The van der Waals surface area contributed by atoms with Crippen LogP contribution in [0.25, 0.3) is 0 Å². The molecule has 20 heavy (non-hydrogen) atoms. The van der Waals surface area contributed by atoms with E-state index in [1.54, 1.807) is 0 Å². The normalized spacial score (nSPS) is 30.9. The second-order valence-corrected chi connectivity index (χ2v) is 6.42. The lowest BCUT2D eigenvalue weighted by atomic mass is 9.85. The Balaban J connectivity index is 2.35. The van der Waals surface area contributed by atoms with Gasteiger partial charge in [0.05, 0.1) is 0 Å². The summed E-state index contributed by atoms with van der Waals surface area (Å²) in [5, 5.41) is 2.98. The molecule has 0 bridgehead atoms.